The number of nitrogens with zero attached hydrogens (tertiary/aromatic N) is 5. The van der Waals surface area contributed by atoms with Crippen molar-refractivity contribution in [2.45, 2.75) is 25.8 Å². The van der Waals surface area contributed by atoms with Gasteiger partial charge in [0, 0.05) is 38.9 Å². The number of piperazine rings is 1. The molecule has 0 aliphatic carbocycles. The van der Waals surface area contributed by atoms with Gasteiger partial charge in [-0.2, -0.15) is 5.10 Å². The molecule has 4 rings (SSSR count). The number of methoxy groups -OCH3 is 1. The van der Waals surface area contributed by atoms with E-state index in [2.05, 4.69) is 10.1 Å². The van der Waals surface area contributed by atoms with Crippen LogP contribution in [0.3, 0.4) is 0 Å². The highest BCUT2D eigenvalue weighted by molar-refractivity contribution is 5.97. The summed E-state index contributed by atoms with van der Waals surface area (Å²) in [5, 5.41) is 4.36. The molecule has 0 aromatic carbocycles. The Labute approximate surface area is 157 Å². The standard InChI is InChI=1S/C19H23N5O3/c1-27-17-14(5-4-7-20-17)18(25)22-9-11-23(12-10-22)19(26)15-13-21-24-8-3-2-6-16(15)24/h4-5,7,13H,2-3,6,8-12H2,1H3. The lowest BCUT2D eigenvalue weighted by Crippen LogP contribution is -2.50. The van der Waals surface area contributed by atoms with E-state index in [0.717, 1.165) is 31.5 Å². The Morgan fingerprint density at radius 1 is 1.00 bits per heavy atom. The molecule has 2 aromatic heterocycles. The Balaban J connectivity index is 1.42. The molecule has 2 aliphatic rings. The van der Waals surface area contributed by atoms with Crippen LogP contribution in [0.2, 0.25) is 0 Å². The van der Waals surface area contributed by atoms with Crippen molar-refractivity contribution in [1.82, 2.24) is 24.6 Å². The number of aromatic nitrogens is 3. The molecule has 0 N–H and O–H groups in total. The minimum absolute atomic E-state index is 0.0178. The van der Waals surface area contributed by atoms with Crippen LogP contribution >= 0.6 is 0 Å². The van der Waals surface area contributed by atoms with Crippen LogP contribution in [0.4, 0.5) is 0 Å². The van der Waals surface area contributed by atoms with Crippen LogP contribution in [0.5, 0.6) is 5.88 Å². The number of rotatable bonds is 3. The Morgan fingerprint density at radius 2 is 1.70 bits per heavy atom. The van der Waals surface area contributed by atoms with Crippen LogP contribution in [0.15, 0.2) is 24.5 Å². The van der Waals surface area contributed by atoms with Crippen molar-refractivity contribution in [2.24, 2.45) is 0 Å². The van der Waals surface area contributed by atoms with Gasteiger partial charge in [0.25, 0.3) is 11.8 Å². The Hall–Kier alpha value is -2.90. The number of hydrogen-bond donors (Lipinski definition) is 0. The van der Waals surface area contributed by atoms with Gasteiger partial charge in [-0.1, -0.05) is 0 Å². The Morgan fingerprint density at radius 3 is 2.41 bits per heavy atom. The maximum atomic E-state index is 12.9. The average molecular weight is 369 g/mol. The summed E-state index contributed by atoms with van der Waals surface area (Å²) < 4.78 is 7.14. The van der Waals surface area contributed by atoms with E-state index in [4.69, 9.17) is 4.74 Å². The van der Waals surface area contributed by atoms with Crippen molar-refractivity contribution >= 4 is 11.8 Å². The fourth-order valence-corrected chi connectivity index (χ4v) is 3.77. The second-order valence-corrected chi connectivity index (χ2v) is 6.83. The normalized spacial score (nSPS) is 16.8. The van der Waals surface area contributed by atoms with Gasteiger partial charge in [-0.25, -0.2) is 4.98 Å². The molecule has 8 nitrogen and oxygen atoms in total. The van der Waals surface area contributed by atoms with Crippen LogP contribution in [0.25, 0.3) is 0 Å². The second-order valence-electron chi connectivity index (χ2n) is 6.83. The molecule has 27 heavy (non-hydrogen) atoms. The molecule has 2 amide bonds. The molecule has 0 spiro atoms. The predicted octanol–water partition coefficient (Wildman–Crippen LogP) is 1.22. The molecule has 1 fully saturated rings. The van der Waals surface area contributed by atoms with E-state index in [1.54, 1.807) is 29.4 Å². The van der Waals surface area contributed by atoms with Crippen molar-refractivity contribution in [3.05, 3.63) is 41.3 Å². The first-order valence-corrected chi connectivity index (χ1v) is 9.31. The minimum Gasteiger partial charge on any atom is -0.480 e. The highest BCUT2D eigenvalue weighted by atomic mass is 16.5. The summed E-state index contributed by atoms with van der Waals surface area (Å²) in [6.07, 6.45) is 6.41. The average Bonchev–Trinajstić information content (AvgIpc) is 3.17. The molecule has 0 saturated carbocycles. The molecule has 2 aliphatic heterocycles. The van der Waals surface area contributed by atoms with Gasteiger partial charge in [0.15, 0.2) is 0 Å². The zero-order chi connectivity index (χ0) is 18.8. The molecule has 0 bridgehead atoms. The molecular weight excluding hydrogens is 346 g/mol. The molecular formula is C19H23N5O3. The fourth-order valence-electron chi connectivity index (χ4n) is 3.77. The number of pyridine rings is 1. The molecule has 2 aromatic rings. The number of amides is 2. The number of hydrogen-bond acceptors (Lipinski definition) is 5. The van der Waals surface area contributed by atoms with Crippen molar-refractivity contribution in [1.29, 1.82) is 0 Å². The predicted molar refractivity (Wildman–Crippen MR) is 97.8 cm³/mol. The lowest BCUT2D eigenvalue weighted by molar-refractivity contribution is 0.0532. The smallest absolute Gasteiger partial charge is 0.259 e. The molecule has 0 atom stereocenters. The lowest BCUT2D eigenvalue weighted by atomic mass is 10.1. The summed E-state index contributed by atoms with van der Waals surface area (Å²) in [6, 6.07) is 3.43. The highest BCUT2D eigenvalue weighted by Crippen LogP contribution is 2.21. The van der Waals surface area contributed by atoms with Crippen LogP contribution in [-0.2, 0) is 13.0 Å². The molecule has 0 radical (unpaired) electrons. The summed E-state index contributed by atoms with van der Waals surface area (Å²) in [4.78, 5) is 33.3. The van der Waals surface area contributed by atoms with Crippen molar-refractivity contribution in [3.63, 3.8) is 0 Å². The quantitative estimate of drug-likeness (QED) is 0.813. The first-order chi connectivity index (χ1) is 13.2. The van der Waals surface area contributed by atoms with Crippen LogP contribution in [0, 0.1) is 0 Å². The van der Waals surface area contributed by atoms with Gasteiger partial charge in [-0.15, -0.1) is 0 Å². The third-order valence-corrected chi connectivity index (χ3v) is 5.26. The third-order valence-electron chi connectivity index (χ3n) is 5.26. The zero-order valence-electron chi connectivity index (χ0n) is 15.4. The van der Waals surface area contributed by atoms with E-state index in [1.165, 1.54) is 7.11 Å². The molecule has 1 saturated heterocycles. The van der Waals surface area contributed by atoms with E-state index in [-0.39, 0.29) is 11.8 Å². The first-order valence-electron chi connectivity index (χ1n) is 9.31. The minimum atomic E-state index is -0.116. The number of aryl methyl sites for hydroxylation is 1. The number of ether oxygens (including phenoxy) is 1. The summed E-state index contributed by atoms with van der Waals surface area (Å²) in [5.41, 5.74) is 2.21. The van der Waals surface area contributed by atoms with Crippen molar-refractivity contribution < 1.29 is 14.3 Å². The zero-order valence-corrected chi connectivity index (χ0v) is 15.4. The van der Waals surface area contributed by atoms with E-state index in [9.17, 15) is 9.59 Å². The van der Waals surface area contributed by atoms with Crippen LogP contribution in [-0.4, -0.2) is 69.7 Å². The summed E-state index contributed by atoms with van der Waals surface area (Å²) >= 11 is 0. The Kier molecular flexibility index (Phi) is 4.79. The van der Waals surface area contributed by atoms with E-state index >= 15 is 0 Å². The van der Waals surface area contributed by atoms with Gasteiger partial charge in [0.05, 0.1) is 24.6 Å². The van der Waals surface area contributed by atoms with Gasteiger partial charge in [0.1, 0.15) is 5.56 Å². The van der Waals surface area contributed by atoms with Crippen molar-refractivity contribution in [3.8, 4) is 5.88 Å². The highest BCUT2D eigenvalue weighted by Gasteiger charge is 2.29. The Bertz CT molecular complexity index is 855. The largest absolute Gasteiger partial charge is 0.480 e. The molecule has 8 heteroatoms. The maximum absolute atomic E-state index is 12.9. The summed E-state index contributed by atoms with van der Waals surface area (Å²) in [5.74, 6) is 0.228. The summed E-state index contributed by atoms with van der Waals surface area (Å²) in [6.45, 7) is 2.89. The van der Waals surface area contributed by atoms with Crippen LogP contribution < -0.4 is 4.74 Å². The van der Waals surface area contributed by atoms with Crippen LogP contribution in [0.1, 0.15) is 39.3 Å². The van der Waals surface area contributed by atoms with E-state index in [0.29, 0.717) is 43.2 Å². The topological polar surface area (TPSA) is 80.6 Å². The molecule has 142 valence electrons. The second kappa shape index (κ2) is 7.38. The van der Waals surface area contributed by atoms with E-state index < -0.39 is 0 Å². The monoisotopic (exact) mass is 369 g/mol. The van der Waals surface area contributed by atoms with Gasteiger partial charge >= 0.3 is 0 Å². The number of fused-ring (bicyclic) bond motifs is 1. The van der Waals surface area contributed by atoms with Gasteiger partial charge in [-0.05, 0) is 31.4 Å². The van der Waals surface area contributed by atoms with Crippen molar-refractivity contribution in [2.75, 3.05) is 33.3 Å². The van der Waals surface area contributed by atoms with Gasteiger partial charge in [-0.3, -0.25) is 14.3 Å². The number of carbonyl (C=O) groups is 2. The fraction of sp³-hybridized carbons (Fsp3) is 0.474. The lowest BCUT2D eigenvalue weighted by Gasteiger charge is -2.35. The van der Waals surface area contributed by atoms with Gasteiger partial charge in [0.2, 0.25) is 5.88 Å². The third kappa shape index (κ3) is 3.27. The summed E-state index contributed by atoms with van der Waals surface area (Å²) in [7, 11) is 1.50. The molecule has 0 unspecified atom stereocenters. The molecule has 4 heterocycles. The van der Waals surface area contributed by atoms with Gasteiger partial charge < -0.3 is 14.5 Å². The van der Waals surface area contributed by atoms with E-state index in [1.807, 2.05) is 9.58 Å². The first kappa shape index (κ1) is 17.5. The maximum Gasteiger partial charge on any atom is 0.259 e. The SMILES string of the molecule is COc1ncccc1C(=O)N1CCN(C(=O)c2cnn3c2CCCC3)CC1. The number of carbonyl (C=O) groups excluding carboxylic acids is 2.